The topological polar surface area (TPSA) is 76.8 Å². The Bertz CT molecular complexity index is 818. The van der Waals surface area contributed by atoms with Crippen LogP contribution in [0.25, 0.3) is 0 Å². The third-order valence-electron chi connectivity index (χ3n) is 5.55. The standard InChI is InChI=1S/C22H34N6O2/c1-5-30-16-19-11-13-28(15-19)22(24-14-21-26-25-17(2)27(21)3)23-12-10-18-6-8-20(29-4)9-7-18/h6-9,19H,5,10-16H2,1-4H3,(H,23,24). The monoisotopic (exact) mass is 414 g/mol. The van der Waals surface area contributed by atoms with E-state index in [2.05, 4.69) is 32.5 Å². The summed E-state index contributed by atoms with van der Waals surface area (Å²) in [6.45, 7) is 8.86. The van der Waals surface area contributed by atoms with E-state index in [9.17, 15) is 0 Å². The molecule has 1 aliphatic rings. The lowest BCUT2D eigenvalue weighted by Gasteiger charge is -2.22. The minimum absolute atomic E-state index is 0.509. The van der Waals surface area contributed by atoms with Crippen LogP contribution in [0.5, 0.6) is 5.75 Å². The molecule has 30 heavy (non-hydrogen) atoms. The summed E-state index contributed by atoms with van der Waals surface area (Å²) in [4.78, 5) is 7.21. The molecule has 0 bridgehead atoms. The number of hydrogen-bond donors (Lipinski definition) is 1. The fourth-order valence-corrected chi connectivity index (χ4v) is 3.56. The number of methoxy groups -OCH3 is 1. The molecule has 1 aromatic heterocycles. The van der Waals surface area contributed by atoms with Crippen molar-refractivity contribution in [2.75, 3.05) is 40.0 Å². The first-order chi connectivity index (χ1) is 14.6. The number of aliphatic imine (C=N–C) groups is 1. The van der Waals surface area contributed by atoms with Gasteiger partial charge in [0.2, 0.25) is 0 Å². The van der Waals surface area contributed by atoms with Crippen LogP contribution >= 0.6 is 0 Å². The lowest BCUT2D eigenvalue weighted by molar-refractivity contribution is 0.114. The summed E-state index contributed by atoms with van der Waals surface area (Å²) in [6.07, 6.45) is 2.05. The van der Waals surface area contributed by atoms with E-state index in [-0.39, 0.29) is 0 Å². The Hall–Kier alpha value is -2.61. The molecule has 1 saturated heterocycles. The summed E-state index contributed by atoms with van der Waals surface area (Å²) >= 11 is 0. The average Bonchev–Trinajstić information content (AvgIpc) is 3.36. The maximum Gasteiger partial charge on any atom is 0.194 e. The minimum atomic E-state index is 0.509. The van der Waals surface area contributed by atoms with Crippen molar-refractivity contribution >= 4 is 5.96 Å². The van der Waals surface area contributed by atoms with Gasteiger partial charge in [0.1, 0.15) is 18.1 Å². The summed E-state index contributed by atoms with van der Waals surface area (Å²) in [5.41, 5.74) is 1.27. The maximum absolute atomic E-state index is 5.63. The second-order valence-electron chi connectivity index (χ2n) is 7.65. The molecular formula is C22H34N6O2. The lowest BCUT2D eigenvalue weighted by Crippen LogP contribution is -2.41. The van der Waals surface area contributed by atoms with Gasteiger partial charge in [-0.1, -0.05) is 12.1 Å². The Kier molecular flexibility index (Phi) is 8.07. The van der Waals surface area contributed by atoms with Gasteiger partial charge >= 0.3 is 0 Å². The van der Waals surface area contributed by atoms with Crippen molar-refractivity contribution in [1.82, 2.24) is 25.0 Å². The number of nitrogens with one attached hydrogen (secondary N) is 1. The van der Waals surface area contributed by atoms with Crippen LogP contribution in [-0.2, 0) is 24.8 Å². The molecule has 3 rings (SSSR count). The van der Waals surface area contributed by atoms with Gasteiger partial charge in [-0.05, 0) is 44.4 Å². The molecule has 1 aromatic carbocycles. The predicted octanol–water partition coefficient (Wildman–Crippen LogP) is 2.18. The lowest BCUT2D eigenvalue weighted by atomic mass is 10.1. The molecule has 0 aliphatic carbocycles. The first kappa shape index (κ1) is 22.1. The van der Waals surface area contributed by atoms with Gasteiger partial charge in [0.25, 0.3) is 0 Å². The molecule has 0 amide bonds. The molecule has 0 spiro atoms. The molecule has 1 unspecified atom stereocenters. The Labute approximate surface area is 179 Å². The molecule has 8 nitrogen and oxygen atoms in total. The molecular weight excluding hydrogens is 380 g/mol. The van der Waals surface area contributed by atoms with Gasteiger partial charge in [0.15, 0.2) is 11.8 Å². The molecule has 1 fully saturated rings. The Morgan fingerprint density at radius 2 is 2.07 bits per heavy atom. The summed E-state index contributed by atoms with van der Waals surface area (Å²) in [6, 6.07) is 8.21. The van der Waals surface area contributed by atoms with Crippen LogP contribution in [0.4, 0.5) is 0 Å². The van der Waals surface area contributed by atoms with Crippen LogP contribution in [0.1, 0.15) is 30.6 Å². The first-order valence-corrected chi connectivity index (χ1v) is 10.7. The van der Waals surface area contributed by atoms with Gasteiger partial charge < -0.3 is 24.3 Å². The third-order valence-corrected chi connectivity index (χ3v) is 5.55. The number of hydrogen-bond acceptors (Lipinski definition) is 5. The number of benzene rings is 1. The highest BCUT2D eigenvalue weighted by Gasteiger charge is 2.25. The highest BCUT2D eigenvalue weighted by atomic mass is 16.5. The molecule has 0 saturated carbocycles. The van der Waals surface area contributed by atoms with E-state index < -0.39 is 0 Å². The van der Waals surface area contributed by atoms with E-state index in [1.807, 2.05) is 37.6 Å². The Morgan fingerprint density at radius 1 is 1.27 bits per heavy atom. The summed E-state index contributed by atoms with van der Waals surface area (Å²) in [7, 11) is 3.66. The van der Waals surface area contributed by atoms with Crippen molar-refractivity contribution in [2.45, 2.75) is 33.2 Å². The first-order valence-electron chi connectivity index (χ1n) is 10.7. The van der Waals surface area contributed by atoms with Gasteiger partial charge in [0.05, 0.1) is 13.7 Å². The van der Waals surface area contributed by atoms with E-state index in [1.54, 1.807) is 7.11 Å². The number of aryl methyl sites for hydroxylation is 1. The predicted molar refractivity (Wildman–Crippen MR) is 118 cm³/mol. The summed E-state index contributed by atoms with van der Waals surface area (Å²) in [5, 5.41) is 11.9. The Morgan fingerprint density at radius 3 is 2.73 bits per heavy atom. The van der Waals surface area contributed by atoms with E-state index in [0.717, 1.165) is 69.0 Å². The van der Waals surface area contributed by atoms with Crippen LogP contribution in [0.15, 0.2) is 29.3 Å². The molecule has 2 heterocycles. The summed E-state index contributed by atoms with van der Waals surface area (Å²) < 4.78 is 12.9. The number of aromatic nitrogens is 3. The van der Waals surface area contributed by atoms with E-state index in [4.69, 9.17) is 14.5 Å². The van der Waals surface area contributed by atoms with Crippen molar-refractivity contribution in [3.63, 3.8) is 0 Å². The van der Waals surface area contributed by atoms with E-state index >= 15 is 0 Å². The zero-order chi connectivity index (χ0) is 21.3. The fraction of sp³-hybridized carbons (Fsp3) is 0.591. The van der Waals surface area contributed by atoms with Gasteiger partial charge in [-0.3, -0.25) is 0 Å². The largest absolute Gasteiger partial charge is 0.497 e. The molecule has 2 aromatic rings. The van der Waals surface area contributed by atoms with Crippen molar-refractivity contribution in [2.24, 2.45) is 18.0 Å². The molecule has 1 N–H and O–H groups in total. The minimum Gasteiger partial charge on any atom is -0.497 e. The van der Waals surface area contributed by atoms with Crippen LogP contribution in [0.2, 0.25) is 0 Å². The normalized spacial score (nSPS) is 16.9. The zero-order valence-corrected chi connectivity index (χ0v) is 18.6. The van der Waals surface area contributed by atoms with Gasteiger partial charge in [-0.2, -0.15) is 0 Å². The number of nitrogens with zero attached hydrogens (tertiary/aromatic N) is 5. The van der Waals surface area contributed by atoms with Gasteiger partial charge in [-0.25, -0.2) is 4.99 Å². The molecule has 1 atom stereocenters. The second-order valence-corrected chi connectivity index (χ2v) is 7.65. The Balaban J connectivity index is 1.62. The number of likely N-dealkylation sites (tertiary alicyclic amines) is 1. The van der Waals surface area contributed by atoms with Crippen LogP contribution in [0, 0.1) is 12.8 Å². The van der Waals surface area contributed by atoms with Crippen LogP contribution in [0.3, 0.4) is 0 Å². The quantitative estimate of drug-likeness (QED) is 0.501. The molecule has 0 radical (unpaired) electrons. The maximum atomic E-state index is 5.63. The number of rotatable bonds is 9. The smallest absolute Gasteiger partial charge is 0.194 e. The van der Waals surface area contributed by atoms with Crippen molar-refractivity contribution in [1.29, 1.82) is 0 Å². The van der Waals surface area contributed by atoms with Crippen LogP contribution < -0.4 is 10.1 Å². The number of ether oxygens (including phenoxy) is 2. The van der Waals surface area contributed by atoms with E-state index in [0.29, 0.717) is 12.5 Å². The SMILES string of the molecule is CCOCC1CCN(C(=NCc2nnc(C)n2C)NCCc2ccc(OC)cc2)C1. The van der Waals surface area contributed by atoms with Gasteiger partial charge in [-0.15, -0.1) is 10.2 Å². The average molecular weight is 415 g/mol. The molecule has 1 aliphatic heterocycles. The highest BCUT2D eigenvalue weighted by molar-refractivity contribution is 5.80. The second kappa shape index (κ2) is 11.0. The summed E-state index contributed by atoms with van der Waals surface area (Å²) in [5.74, 6) is 4.13. The van der Waals surface area contributed by atoms with Crippen LogP contribution in [-0.4, -0.2) is 65.6 Å². The van der Waals surface area contributed by atoms with Crippen molar-refractivity contribution in [3.8, 4) is 5.75 Å². The molecule has 164 valence electrons. The third kappa shape index (κ3) is 5.95. The van der Waals surface area contributed by atoms with Gasteiger partial charge in [0, 0.05) is 39.2 Å². The van der Waals surface area contributed by atoms with E-state index in [1.165, 1.54) is 5.56 Å². The molecule has 8 heteroatoms. The van der Waals surface area contributed by atoms with Crippen molar-refractivity contribution < 1.29 is 9.47 Å². The fourth-order valence-electron chi connectivity index (χ4n) is 3.56. The zero-order valence-electron chi connectivity index (χ0n) is 18.6. The number of guanidine groups is 1. The highest BCUT2D eigenvalue weighted by Crippen LogP contribution is 2.17. The van der Waals surface area contributed by atoms with Crippen molar-refractivity contribution in [3.05, 3.63) is 41.5 Å².